The number of hydrogen-bond donors (Lipinski definition) is 0. The molecule has 0 aliphatic carbocycles. The summed E-state index contributed by atoms with van der Waals surface area (Å²) < 4.78 is 5.72. The molecule has 0 spiro atoms. The molecule has 3 aromatic carbocycles. The fourth-order valence-corrected chi connectivity index (χ4v) is 4.13. The molecule has 1 saturated heterocycles. The molecule has 0 N–H and O–H groups in total. The van der Waals surface area contributed by atoms with Gasteiger partial charge in [0.1, 0.15) is 5.75 Å². The smallest absolute Gasteiger partial charge is 0.260 e. The fourth-order valence-electron chi connectivity index (χ4n) is 4.13. The summed E-state index contributed by atoms with van der Waals surface area (Å²) in [6.45, 7) is 4.77. The number of benzene rings is 3. The van der Waals surface area contributed by atoms with E-state index in [0.717, 1.165) is 41.5 Å². The zero-order valence-electron chi connectivity index (χ0n) is 18.6. The van der Waals surface area contributed by atoms with Crippen molar-refractivity contribution < 1.29 is 9.53 Å². The summed E-state index contributed by atoms with van der Waals surface area (Å²) in [5.74, 6) is 1.60. The first-order valence-corrected chi connectivity index (χ1v) is 11.2. The minimum Gasteiger partial charge on any atom is -0.484 e. The van der Waals surface area contributed by atoms with Gasteiger partial charge >= 0.3 is 0 Å². The van der Waals surface area contributed by atoms with Gasteiger partial charge in [0.15, 0.2) is 12.4 Å². The van der Waals surface area contributed by atoms with Crippen molar-refractivity contribution >= 4 is 22.5 Å². The average molecular weight is 439 g/mol. The number of rotatable bonds is 5. The number of fused-ring (bicyclic) bond motifs is 1. The lowest BCUT2D eigenvalue weighted by molar-refractivity contribution is -0.133. The monoisotopic (exact) mass is 438 g/mol. The molecular formula is C27H26N4O2. The van der Waals surface area contributed by atoms with Gasteiger partial charge in [-0.2, -0.15) is 0 Å². The summed E-state index contributed by atoms with van der Waals surface area (Å²) >= 11 is 0. The van der Waals surface area contributed by atoms with Crippen molar-refractivity contribution in [3.8, 4) is 17.0 Å². The maximum absolute atomic E-state index is 12.6. The molecule has 1 fully saturated rings. The minimum absolute atomic E-state index is 0.00985. The molecule has 0 bridgehead atoms. The second-order valence-corrected chi connectivity index (χ2v) is 8.26. The number of hydrogen-bond acceptors (Lipinski definition) is 5. The van der Waals surface area contributed by atoms with Crippen molar-refractivity contribution in [2.75, 3.05) is 37.7 Å². The minimum atomic E-state index is 0.00985. The van der Waals surface area contributed by atoms with Gasteiger partial charge in [0.05, 0.1) is 5.69 Å². The largest absolute Gasteiger partial charge is 0.484 e. The van der Waals surface area contributed by atoms with Crippen LogP contribution in [0, 0.1) is 6.92 Å². The number of piperazine rings is 1. The van der Waals surface area contributed by atoms with Gasteiger partial charge in [-0.1, -0.05) is 54.6 Å². The SMILES string of the molecule is Cc1ccccc1OCC(=O)N1CCN(c2ccc(-c3ccc4ccccc4c3)nn2)CC1. The third-order valence-electron chi connectivity index (χ3n) is 6.10. The molecule has 1 aromatic heterocycles. The van der Waals surface area contributed by atoms with Crippen LogP contribution in [0.5, 0.6) is 5.75 Å². The lowest BCUT2D eigenvalue weighted by atomic mass is 10.1. The van der Waals surface area contributed by atoms with Crippen LogP contribution in [-0.2, 0) is 4.79 Å². The van der Waals surface area contributed by atoms with E-state index in [0.29, 0.717) is 13.1 Å². The summed E-state index contributed by atoms with van der Waals surface area (Å²) in [6, 6.07) is 26.4. The van der Waals surface area contributed by atoms with Crippen LogP contribution >= 0.6 is 0 Å². The van der Waals surface area contributed by atoms with E-state index in [4.69, 9.17) is 4.74 Å². The van der Waals surface area contributed by atoms with E-state index in [2.05, 4.69) is 45.4 Å². The second kappa shape index (κ2) is 9.28. The normalized spacial score (nSPS) is 13.8. The van der Waals surface area contributed by atoms with Crippen LogP contribution in [0.3, 0.4) is 0 Å². The number of carbonyl (C=O) groups excluding carboxylic acids is 1. The molecule has 0 unspecified atom stereocenters. The second-order valence-electron chi connectivity index (χ2n) is 8.26. The number of para-hydroxylation sites is 1. The molecule has 1 aliphatic heterocycles. The maximum Gasteiger partial charge on any atom is 0.260 e. The molecule has 0 saturated carbocycles. The van der Waals surface area contributed by atoms with E-state index in [9.17, 15) is 4.79 Å². The van der Waals surface area contributed by atoms with Gasteiger partial charge in [0, 0.05) is 31.7 Å². The summed E-state index contributed by atoms with van der Waals surface area (Å²) in [5, 5.41) is 11.3. The number of ether oxygens (including phenoxy) is 1. The van der Waals surface area contributed by atoms with E-state index in [1.54, 1.807) is 0 Å². The van der Waals surface area contributed by atoms with Crippen LogP contribution in [0.1, 0.15) is 5.56 Å². The third kappa shape index (κ3) is 4.65. The quantitative estimate of drug-likeness (QED) is 0.464. The summed E-state index contributed by atoms with van der Waals surface area (Å²) in [6.07, 6.45) is 0. The van der Waals surface area contributed by atoms with Crippen LogP contribution < -0.4 is 9.64 Å². The molecule has 0 radical (unpaired) electrons. The standard InChI is InChI=1S/C27H26N4O2/c1-20-6-2-5-9-25(20)33-19-27(32)31-16-14-30(15-17-31)26-13-12-24(28-29-26)23-11-10-21-7-3-4-8-22(21)18-23/h2-13,18H,14-17,19H2,1H3. The molecule has 6 heteroatoms. The Morgan fingerprint density at radius 1 is 0.848 bits per heavy atom. The fraction of sp³-hybridized carbons (Fsp3) is 0.222. The Morgan fingerprint density at radius 2 is 1.61 bits per heavy atom. The van der Waals surface area contributed by atoms with E-state index >= 15 is 0 Å². The Kier molecular flexibility index (Phi) is 5.89. The molecule has 6 nitrogen and oxygen atoms in total. The number of aryl methyl sites for hydroxylation is 1. The predicted molar refractivity (Wildman–Crippen MR) is 130 cm³/mol. The number of amides is 1. The van der Waals surface area contributed by atoms with Crippen LogP contribution in [0.4, 0.5) is 5.82 Å². The van der Waals surface area contributed by atoms with Crippen molar-refractivity contribution in [3.63, 3.8) is 0 Å². The first kappa shape index (κ1) is 20.9. The highest BCUT2D eigenvalue weighted by molar-refractivity contribution is 5.86. The lowest BCUT2D eigenvalue weighted by Crippen LogP contribution is -2.50. The molecule has 1 amide bonds. The molecule has 2 heterocycles. The van der Waals surface area contributed by atoms with Crippen molar-refractivity contribution in [1.82, 2.24) is 15.1 Å². The van der Waals surface area contributed by atoms with Crippen LogP contribution in [-0.4, -0.2) is 53.8 Å². The molecule has 4 aromatic rings. The van der Waals surface area contributed by atoms with Gasteiger partial charge < -0.3 is 14.5 Å². The van der Waals surface area contributed by atoms with Crippen LogP contribution in [0.15, 0.2) is 78.9 Å². The van der Waals surface area contributed by atoms with Crippen LogP contribution in [0.25, 0.3) is 22.0 Å². The number of carbonyl (C=O) groups is 1. The van der Waals surface area contributed by atoms with Gasteiger partial charge in [-0.25, -0.2) is 0 Å². The van der Waals surface area contributed by atoms with Crippen molar-refractivity contribution in [2.24, 2.45) is 0 Å². The molecule has 1 aliphatic rings. The highest BCUT2D eigenvalue weighted by Gasteiger charge is 2.22. The topological polar surface area (TPSA) is 58.6 Å². The number of nitrogens with zero attached hydrogens (tertiary/aromatic N) is 4. The molecular weight excluding hydrogens is 412 g/mol. The van der Waals surface area contributed by atoms with Crippen molar-refractivity contribution in [1.29, 1.82) is 0 Å². The summed E-state index contributed by atoms with van der Waals surface area (Å²) in [7, 11) is 0. The van der Waals surface area contributed by atoms with Crippen molar-refractivity contribution in [3.05, 3.63) is 84.4 Å². The lowest BCUT2D eigenvalue weighted by Gasteiger charge is -2.35. The van der Waals surface area contributed by atoms with E-state index in [1.807, 2.05) is 60.4 Å². The van der Waals surface area contributed by atoms with E-state index < -0.39 is 0 Å². The molecule has 33 heavy (non-hydrogen) atoms. The van der Waals surface area contributed by atoms with Crippen molar-refractivity contribution in [2.45, 2.75) is 6.92 Å². The van der Waals surface area contributed by atoms with Gasteiger partial charge in [0.25, 0.3) is 5.91 Å². The Labute approximate surface area is 193 Å². The van der Waals surface area contributed by atoms with E-state index in [-0.39, 0.29) is 12.5 Å². The Morgan fingerprint density at radius 3 is 2.36 bits per heavy atom. The zero-order chi connectivity index (χ0) is 22.6. The predicted octanol–water partition coefficient (Wildman–Crippen LogP) is 4.33. The Balaban J connectivity index is 1.18. The van der Waals surface area contributed by atoms with Gasteiger partial charge in [-0.15, -0.1) is 10.2 Å². The van der Waals surface area contributed by atoms with Gasteiger partial charge in [-0.3, -0.25) is 4.79 Å². The number of aromatic nitrogens is 2. The molecule has 166 valence electrons. The molecule has 0 atom stereocenters. The maximum atomic E-state index is 12.6. The van der Waals surface area contributed by atoms with E-state index in [1.165, 1.54) is 10.8 Å². The average Bonchev–Trinajstić information content (AvgIpc) is 2.88. The Bertz CT molecular complexity index is 1260. The molecule has 5 rings (SSSR count). The van der Waals surface area contributed by atoms with Crippen LogP contribution in [0.2, 0.25) is 0 Å². The highest BCUT2D eigenvalue weighted by Crippen LogP contribution is 2.24. The van der Waals surface area contributed by atoms with Gasteiger partial charge in [0.2, 0.25) is 0 Å². The number of anilines is 1. The third-order valence-corrected chi connectivity index (χ3v) is 6.10. The van der Waals surface area contributed by atoms with Gasteiger partial charge in [-0.05, 0) is 47.5 Å². The first-order valence-electron chi connectivity index (χ1n) is 11.2. The Hall–Kier alpha value is -3.93. The first-order chi connectivity index (χ1) is 16.2. The summed E-state index contributed by atoms with van der Waals surface area (Å²) in [4.78, 5) is 16.6. The highest BCUT2D eigenvalue weighted by atomic mass is 16.5. The summed E-state index contributed by atoms with van der Waals surface area (Å²) in [5.41, 5.74) is 2.93. The zero-order valence-corrected chi connectivity index (χ0v) is 18.6.